The number of unbranched alkanes of at least 4 members (excludes halogenated alkanes) is 2. The Kier molecular flexibility index (Phi) is 7.82. The highest BCUT2D eigenvalue weighted by Gasteiger charge is 2.46. The van der Waals surface area contributed by atoms with Gasteiger partial charge in [0.2, 0.25) is 0 Å². The minimum Gasteiger partial charge on any atom is -0.507 e. The van der Waals surface area contributed by atoms with Crippen molar-refractivity contribution >= 4 is 23.1 Å². The second-order valence-electron chi connectivity index (χ2n) is 10.5. The van der Waals surface area contributed by atoms with Gasteiger partial charge in [-0.05, 0) is 59.4 Å². The van der Waals surface area contributed by atoms with Gasteiger partial charge in [0.25, 0.3) is 11.7 Å². The highest BCUT2D eigenvalue weighted by Crippen LogP contribution is 2.42. The van der Waals surface area contributed by atoms with Crippen molar-refractivity contribution in [3.8, 4) is 5.75 Å². The van der Waals surface area contributed by atoms with Crippen LogP contribution in [-0.4, -0.2) is 23.4 Å². The molecule has 1 fully saturated rings. The van der Waals surface area contributed by atoms with Crippen molar-refractivity contribution < 1.29 is 19.4 Å². The van der Waals surface area contributed by atoms with Crippen LogP contribution < -0.4 is 9.64 Å². The Labute approximate surface area is 219 Å². The number of rotatable bonds is 8. The first-order chi connectivity index (χ1) is 17.7. The largest absolute Gasteiger partial charge is 0.507 e. The fraction of sp³-hybridized carbons (Fsp3) is 0.312. The van der Waals surface area contributed by atoms with Crippen molar-refractivity contribution in [3.05, 3.63) is 101 Å². The average molecular weight is 498 g/mol. The number of Topliss-reactive ketones (excluding diaryl/α,β-unsaturated/α-hetero) is 1. The second kappa shape index (κ2) is 11.0. The lowest BCUT2D eigenvalue weighted by molar-refractivity contribution is -0.132. The molecule has 3 aromatic rings. The van der Waals surface area contributed by atoms with E-state index in [9.17, 15) is 14.7 Å². The van der Waals surface area contributed by atoms with E-state index >= 15 is 0 Å². The van der Waals surface area contributed by atoms with E-state index in [2.05, 4.69) is 27.7 Å². The van der Waals surface area contributed by atoms with Gasteiger partial charge in [-0.3, -0.25) is 14.5 Å². The molecular formula is C32H35NO4. The first-order valence-corrected chi connectivity index (χ1v) is 12.9. The number of amides is 1. The lowest BCUT2D eigenvalue weighted by atomic mass is 9.87. The molecule has 1 saturated heterocycles. The van der Waals surface area contributed by atoms with Crippen LogP contribution in [0.2, 0.25) is 0 Å². The van der Waals surface area contributed by atoms with E-state index in [0.29, 0.717) is 23.6 Å². The molecule has 37 heavy (non-hydrogen) atoms. The number of hydrogen-bond acceptors (Lipinski definition) is 4. The molecule has 3 aromatic carbocycles. The highest BCUT2D eigenvalue weighted by molar-refractivity contribution is 6.51. The summed E-state index contributed by atoms with van der Waals surface area (Å²) in [6, 6.07) is 23.3. The van der Waals surface area contributed by atoms with Gasteiger partial charge in [-0.1, -0.05) is 83.0 Å². The molecule has 1 aliphatic heterocycles. The summed E-state index contributed by atoms with van der Waals surface area (Å²) in [6.45, 7) is 9.15. The lowest BCUT2D eigenvalue weighted by Gasteiger charge is -2.26. The Morgan fingerprint density at radius 1 is 0.892 bits per heavy atom. The number of aliphatic hydroxyl groups is 1. The molecule has 4 rings (SSSR count). The molecule has 1 unspecified atom stereocenters. The number of carbonyl (C=O) groups excluding carboxylic acids is 2. The van der Waals surface area contributed by atoms with Crippen LogP contribution in [0.25, 0.3) is 5.76 Å². The van der Waals surface area contributed by atoms with Crippen LogP contribution in [0.3, 0.4) is 0 Å². The molecule has 1 heterocycles. The maximum absolute atomic E-state index is 13.4. The van der Waals surface area contributed by atoms with Gasteiger partial charge in [-0.2, -0.15) is 0 Å². The Bertz CT molecular complexity index is 1270. The minimum absolute atomic E-state index is 0.0442. The van der Waals surface area contributed by atoms with Crippen LogP contribution >= 0.6 is 0 Å². The Morgan fingerprint density at radius 3 is 2.14 bits per heavy atom. The monoisotopic (exact) mass is 497 g/mol. The molecule has 1 aliphatic rings. The standard InChI is InChI=1S/C32H35NO4/c1-5-6-10-21-37-26-19-13-23(14-20-26)29(34)27-28(22-11-8-7-9-12-22)33(31(36)30(27)35)25-17-15-24(16-18-25)32(2,3)4/h7-9,11-20,28,34H,5-6,10,21H2,1-4H3/b29-27+. The molecule has 0 bridgehead atoms. The quantitative estimate of drug-likeness (QED) is 0.155. The summed E-state index contributed by atoms with van der Waals surface area (Å²) in [7, 11) is 0. The third-order valence-electron chi connectivity index (χ3n) is 6.72. The summed E-state index contributed by atoms with van der Waals surface area (Å²) in [6.07, 6.45) is 3.21. The van der Waals surface area contributed by atoms with Gasteiger partial charge in [0.15, 0.2) is 0 Å². The number of anilines is 1. The summed E-state index contributed by atoms with van der Waals surface area (Å²) >= 11 is 0. The van der Waals surface area contributed by atoms with Gasteiger partial charge in [0, 0.05) is 11.3 Å². The maximum Gasteiger partial charge on any atom is 0.300 e. The Hall–Kier alpha value is -3.86. The van der Waals surface area contributed by atoms with Crippen LogP contribution in [0.1, 0.15) is 69.7 Å². The maximum atomic E-state index is 13.4. The highest BCUT2D eigenvalue weighted by atomic mass is 16.5. The summed E-state index contributed by atoms with van der Waals surface area (Å²) in [5.41, 5.74) is 2.98. The Balaban J connectivity index is 1.73. The van der Waals surface area contributed by atoms with Crippen LogP contribution in [0.4, 0.5) is 5.69 Å². The van der Waals surface area contributed by atoms with Crippen molar-refractivity contribution in [1.29, 1.82) is 0 Å². The molecule has 0 spiro atoms. The van der Waals surface area contributed by atoms with Crippen molar-refractivity contribution in [3.63, 3.8) is 0 Å². The number of carbonyl (C=O) groups is 2. The fourth-order valence-corrected chi connectivity index (χ4v) is 4.58. The van der Waals surface area contributed by atoms with E-state index in [4.69, 9.17) is 4.74 Å². The molecule has 5 heteroatoms. The second-order valence-corrected chi connectivity index (χ2v) is 10.5. The Morgan fingerprint density at radius 2 is 1.54 bits per heavy atom. The van der Waals surface area contributed by atoms with Gasteiger partial charge < -0.3 is 9.84 Å². The van der Waals surface area contributed by atoms with Crippen molar-refractivity contribution in [2.75, 3.05) is 11.5 Å². The molecule has 192 valence electrons. The third kappa shape index (κ3) is 5.61. The summed E-state index contributed by atoms with van der Waals surface area (Å²) < 4.78 is 5.78. The molecule has 0 aliphatic carbocycles. The third-order valence-corrected chi connectivity index (χ3v) is 6.72. The van der Waals surface area contributed by atoms with Crippen LogP contribution in [-0.2, 0) is 15.0 Å². The zero-order valence-electron chi connectivity index (χ0n) is 22.0. The van der Waals surface area contributed by atoms with Crippen molar-refractivity contribution in [1.82, 2.24) is 0 Å². The van der Waals surface area contributed by atoms with E-state index in [1.807, 2.05) is 54.6 Å². The molecule has 1 N–H and O–H groups in total. The zero-order valence-corrected chi connectivity index (χ0v) is 22.0. The number of nitrogens with zero attached hydrogens (tertiary/aromatic N) is 1. The molecule has 1 amide bonds. The predicted octanol–water partition coefficient (Wildman–Crippen LogP) is 7.18. The normalized spacial score (nSPS) is 17.3. The summed E-state index contributed by atoms with van der Waals surface area (Å²) in [4.78, 5) is 28.2. The van der Waals surface area contributed by atoms with Gasteiger partial charge in [-0.25, -0.2) is 0 Å². The molecule has 5 nitrogen and oxygen atoms in total. The van der Waals surface area contributed by atoms with Gasteiger partial charge in [0.05, 0.1) is 18.2 Å². The fourth-order valence-electron chi connectivity index (χ4n) is 4.58. The smallest absolute Gasteiger partial charge is 0.300 e. The number of ketones is 1. The number of benzene rings is 3. The van der Waals surface area contributed by atoms with Crippen LogP contribution in [0.15, 0.2) is 84.4 Å². The van der Waals surface area contributed by atoms with E-state index in [0.717, 1.165) is 30.4 Å². The van der Waals surface area contributed by atoms with Gasteiger partial charge >= 0.3 is 0 Å². The molecule has 0 aromatic heterocycles. The SMILES string of the molecule is CCCCCOc1ccc(/C(O)=C2\C(=O)C(=O)N(c3ccc(C(C)(C)C)cc3)C2c2ccccc2)cc1. The molecule has 0 radical (unpaired) electrons. The summed E-state index contributed by atoms with van der Waals surface area (Å²) in [5.74, 6) is -0.855. The van der Waals surface area contributed by atoms with Crippen molar-refractivity contribution in [2.24, 2.45) is 0 Å². The molecular weight excluding hydrogens is 462 g/mol. The number of hydrogen-bond donors (Lipinski definition) is 1. The van der Waals surface area contributed by atoms with Crippen LogP contribution in [0, 0.1) is 0 Å². The zero-order chi connectivity index (χ0) is 26.6. The van der Waals surface area contributed by atoms with E-state index < -0.39 is 17.7 Å². The van der Waals surface area contributed by atoms with Gasteiger partial charge in [0.1, 0.15) is 11.5 Å². The number of aliphatic hydroxyl groups excluding tert-OH is 1. The lowest BCUT2D eigenvalue weighted by Crippen LogP contribution is -2.29. The van der Waals surface area contributed by atoms with Gasteiger partial charge in [-0.15, -0.1) is 0 Å². The first kappa shape index (κ1) is 26.2. The number of ether oxygens (including phenoxy) is 1. The van der Waals surface area contributed by atoms with E-state index in [-0.39, 0.29) is 16.7 Å². The van der Waals surface area contributed by atoms with E-state index in [1.54, 1.807) is 24.3 Å². The molecule has 0 saturated carbocycles. The van der Waals surface area contributed by atoms with Crippen molar-refractivity contribution in [2.45, 2.75) is 58.4 Å². The van der Waals surface area contributed by atoms with E-state index in [1.165, 1.54) is 4.90 Å². The first-order valence-electron chi connectivity index (χ1n) is 12.9. The summed E-state index contributed by atoms with van der Waals surface area (Å²) in [5, 5.41) is 11.3. The predicted molar refractivity (Wildman–Crippen MR) is 148 cm³/mol. The molecule has 1 atom stereocenters. The topological polar surface area (TPSA) is 66.8 Å². The average Bonchev–Trinajstić information content (AvgIpc) is 3.17. The van der Waals surface area contributed by atoms with Crippen LogP contribution in [0.5, 0.6) is 5.75 Å². The minimum atomic E-state index is -0.744.